The molecule has 0 radical (unpaired) electrons. The molecule has 18 heavy (non-hydrogen) atoms. The molecule has 4 heteroatoms. The van der Waals surface area contributed by atoms with Crippen molar-refractivity contribution < 1.29 is 4.79 Å². The second-order valence-electron chi connectivity index (χ2n) is 4.70. The van der Waals surface area contributed by atoms with Crippen LogP contribution in [0.4, 0.5) is 0 Å². The van der Waals surface area contributed by atoms with Crippen molar-refractivity contribution in [2.45, 2.75) is 37.5 Å². The molecular weight excluding hydrogens is 310 g/mol. The molecule has 2 nitrogen and oxygen atoms in total. The third-order valence-corrected chi connectivity index (χ3v) is 5.61. The van der Waals surface area contributed by atoms with Gasteiger partial charge in [0.2, 0.25) is 0 Å². The molecule has 1 amide bonds. The Morgan fingerprint density at radius 2 is 2.22 bits per heavy atom. The van der Waals surface area contributed by atoms with Gasteiger partial charge in [0.25, 0.3) is 5.91 Å². The second-order valence-corrected chi connectivity index (χ2v) is 6.63. The van der Waals surface area contributed by atoms with E-state index in [0.29, 0.717) is 11.3 Å². The highest BCUT2D eigenvalue weighted by atomic mass is 79.9. The number of amides is 1. The summed E-state index contributed by atoms with van der Waals surface area (Å²) in [5.41, 5.74) is 1.78. The minimum absolute atomic E-state index is 0.0553. The smallest absolute Gasteiger partial charge is 0.251 e. The van der Waals surface area contributed by atoms with Crippen LogP contribution in [0, 0.1) is 6.92 Å². The number of rotatable bonds is 3. The van der Waals surface area contributed by atoms with Crippen molar-refractivity contribution in [1.82, 2.24) is 5.32 Å². The van der Waals surface area contributed by atoms with Gasteiger partial charge in [0.05, 0.1) is 0 Å². The molecule has 98 valence electrons. The van der Waals surface area contributed by atoms with Gasteiger partial charge in [0.15, 0.2) is 0 Å². The first-order valence-electron chi connectivity index (χ1n) is 6.22. The van der Waals surface area contributed by atoms with Crippen LogP contribution in [0.2, 0.25) is 0 Å². The van der Waals surface area contributed by atoms with Crippen molar-refractivity contribution in [3.63, 3.8) is 0 Å². The maximum Gasteiger partial charge on any atom is 0.251 e. The summed E-state index contributed by atoms with van der Waals surface area (Å²) < 4.78 is 0.989. The van der Waals surface area contributed by atoms with E-state index in [0.717, 1.165) is 22.0 Å². The van der Waals surface area contributed by atoms with Crippen LogP contribution in [-0.2, 0) is 0 Å². The summed E-state index contributed by atoms with van der Waals surface area (Å²) in [6.45, 7) is 1.97. The van der Waals surface area contributed by atoms with E-state index >= 15 is 0 Å². The Morgan fingerprint density at radius 1 is 1.44 bits per heavy atom. The van der Waals surface area contributed by atoms with E-state index in [1.165, 1.54) is 12.8 Å². The lowest BCUT2D eigenvalue weighted by molar-refractivity contribution is 0.0938. The van der Waals surface area contributed by atoms with Crippen LogP contribution in [0.5, 0.6) is 0 Å². The number of hydrogen-bond acceptors (Lipinski definition) is 2. The summed E-state index contributed by atoms with van der Waals surface area (Å²) in [6.07, 6.45) is 5.65. The zero-order valence-electron chi connectivity index (χ0n) is 10.7. The standard InChI is InChI=1S/C14H18BrNOS/c1-9-10(5-3-6-11(9)15)14(17)16-12-7-4-8-13(12)18-2/h3,5-6,12-13H,4,7-8H2,1-2H3,(H,16,17). The second kappa shape index (κ2) is 6.11. The van der Waals surface area contributed by atoms with Crippen LogP contribution in [-0.4, -0.2) is 23.5 Å². The van der Waals surface area contributed by atoms with Crippen molar-refractivity contribution >= 4 is 33.6 Å². The minimum Gasteiger partial charge on any atom is -0.348 e. The summed E-state index contributed by atoms with van der Waals surface area (Å²) in [5.74, 6) is 0.0553. The van der Waals surface area contributed by atoms with E-state index in [-0.39, 0.29) is 5.91 Å². The molecule has 0 saturated heterocycles. The molecule has 1 saturated carbocycles. The van der Waals surface area contributed by atoms with Gasteiger partial charge in [-0.15, -0.1) is 0 Å². The fraction of sp³-hybridized carbons (Fsp3) is 0.500. The Morgan fingerprint density at radius 3 is 2.94 bits per heavy atom. The molecule has 0 bridgehead atoms. The molecule has 1 aliphatic carbocycles. The SMILES string of the molecule is CSC1CCCC1NC(=O)c1cccc(Br)c1C. The summed E-state index contributed by atoms with van der Waals surface area (Å²) in [7, 11) is 0. The highest BCUT2D eigenvalue weighted by molar-refractivity contribution is 9.10. The number of thioether (sulfide) groups is 1. The molecule has 2 unspecified atom stereocenters. The number of carbonyl (C=O) groups is 1. The van der Waals surface area contributed by atoms with Crippen molar-refractivity contribution in [2.24, 2.45) is 0 Å². The van der Waals surface area contributed by atoms with Crippen molar-refractivity contribution in [3.05, 3.63) is 33.8 Å². The average Bonchev–Trinajstić information content (AvgIpc) is 2.79. The van der Waals surface area contributed by atoms with Crippen LogP contribution in [0.25, 0.3) is 0 Å². The lowest BCUT2D eigenvalue weighted by atomic mass is 10.1. The number of halogens is 1. The van der Waals surface area contributed by atoms with Crippen LogP contribution < -0.4 is 5.32 Å². The lowest BCUT2D eigenvalue weighted by Crippen LogP contribution is -2.38. The van der Waals surface area contributed by atoms with Gasteiger partial charge in [-0.05, 0) is 43.7 Å². The van der Waals surface area contributed by atoms with E-state index in [1.807, 2.05) is 36.9 Å². The van der Waals surface area contributed by atoms with Crippen molar-refractivity contribution in [1.29, 1.82) is 0 Å². The quantitative estimate of drug-likeness (QED) is 0.915. The monoisotopic (exact) mass is 327 g/mol. The predicted molar refractivity (Wildman–Crippen MR) is 81.3 cm³/mol. The maximum absolute atomic E-state index is 12.3. The number of nitrogens with one attached hydrogen (secondary N) is 1. The summed E-state index contributed by atoms with van der Waals surface area (Å²) in [6, 6.07) is 6.09. The lowest BCUT2D eigenvalue weighted by Gasteiger charge is -2.19. The van der Waals surface area contributed by atoms with Crippen LogP contribution in [0.1, 0.15) is 35.2 Å². The Labute approximate surface area is 121 Å². The molecular formula is C14H18BrNOS. The van der Waals surface area contributed by atoms with Gasteiger partial charge in [0, 0.05) is 21.3 Å². The van der Waals surface area contributed by atoms with E-state index in [9.17, 15) is 4.79 Å². The molecule has 1 aliphatic rings. The van der Waals surface area contributed by atoms with Gasteiger partial charge in [-0.3, -0.25) is 4.79 Å². The Kier molecular flexibility index (Phi) is 4.73. The predicted octanol–water partition coefficient (Wildman–Crippen LogP) is 3.77. The Bertz CT molecular complexity index is 449. The van der Waals surface area contributed by atoms with E-state index in [4.69, 9.17) is 0 Å². The van der Waals surface area contributed by atoms with Crippen LogP contribution in [0.15, 0.2) is 22.7 Å². The first kappa shape index (κ1) is 13.9. The van der Waals surface area contributed by atoms with Gasteiger partial charge in [-0.25, -0.2) is 0 Å². The molecule has 1 N–H and O–H groups in total. The maximum atomic E-state index is 12.3. The van der Waals surface area contributed by atoms with E-state index < -0.39 is 0 Å². The van der Waals surface area contributed by atoms with E-state index in [2.05, 4.69) is 27.5 Å². The molecule has 0 aromatic heterocycles. The highest BCUT2D eigenvalue weighted by Gasteiger charge is 2.28. The van der Waals surface area contributed by atoms with Crippen molar-refractivity contribution in [2.75, 3.05) is 6.26 Å². The summed E-state index contributed by atoms with van der Waals surface area (Å²) >= 11 is 5.33. The number of hydrogen-bond donors (Lipinski definition) is 1. The third-order valence-electron chi connectivity index (χ3n) is 3.58. The first-order valence-corrected chi connectivity index (χ1v) is 8.30. The zero-order valence-corrected chi connectivity index (χ0v) is 13.1. The highest BCUT2D eigenvalue weighted by Crippen LogP contribution is 2.29. The molecule has 0 heterocycles. The van der Waals surface area contributed by atoms with Gasteiger partial charge in [-0.2, -0.15) is 11.8 Å². The van der Waals surface area contributed by atoms with Gasteiger partial charge < -0.3 is 5.32 Å². The Balaban J connectivity index is 2.10. The van der Waals surface area contributed by atoms with Gasteiger partial charge in [0.1, 0.15) is 0 Å². The topological polar surface area (TPSA) is 29.1 Å². The molecule has 0 aliphatic heterocycles. The molecule has 2 rings (SSSR count). The average molecular weight is 328 g/mol. The normalized spacial score (nSPS) is 23.1. The molecule has 1 fully saturated rings. The number of benzene rings is 1. The summed E-state index contributed by atoms with van der Waals surface area (Å²) in [5, 5.41) is 3.75. The van der Waals surface area contributed by atoms with E-state index in [1.54, 1.807) is 0 Å². The van der Waals surface area contributed by atoms with Crippen LogP contribution >= 0.6 is 27.7 Å². The van der Waals surface area contributed by atoms with Gasteiger partial charge in [-0.1, -0.05) is 28.4 Å². The number of carbonyl (C=O) groups excluding carboxylic acids is 1. The zero-order chi connectivity index (χ0) is 13.1. The summed E-state index contributed by atoms with van der Waals surface area (Å²) in [4.78, 5) is 12.3. The third kappa shape index (κ3) is 2.91. The fourth-order valence-electron chi connectivity index (χ4n) is 2.47. The van der Waals surface area contributed by atoms with Gasteiger partial charge >= 0.3 is 0 Å². The minimum atomic E-state index is 0.0553. The molecule has 0 spiro atoms. The van der Waals surface area contributed by atoms with Crippen molar-refractivity contribution in [3.8, 4) is 0 Å². The molecule has 1 aromatic carbocycles. The largest absolute Gasteiger partial charge is 0.348 e. The first-order chi connectivity index (χ1) is 8.63. The molecule has 1 aromatic rings. The fourth-order valence-corrected chi connectivity index (χ4v) is 3.77. The molecule has 2 atom stereocenters. The Hall–Kier alpha value is -0.480. The van der Waals surface area contributed by atoms with Crippen LogP contribution in [0.3, 0.4) is 0 Å².